The van der Waals surface area contributed by atoms with Crippen LogP contribution < -0.4 is 10.6 Å². The molecule has 124 valence electrons. The molecule has 0 spiro atoms. The number of rotatable bonds is 4. The Morgan fingerprint density at radius 1 is 1.35 bits per heavy atom. The molecule has 0 aromatic carbocycles. The molecule has 23 heavy (non-hydrogen) atoms. The molecule has 1 aromatic heterocycles. The van der Waals surface area contributed by atoms with E-state index in [1.165, 1.54) is 0 Å². The molecule has 2 aliphatic heterocycles. The van der Waals surface area contributed by atoms with Crippen molar-refractivity contribution in [2.45, 2.75) is 42.5 Å². The maximum absolute atomic E-state index is 12.4. The Morgan fingerprint density at radius 2 is 2.22 bits per heavy atom. The quantitative estimate of drug-likeness (QED) is 0.756. The van der Waals surface area contributed by atoms with Gasteiger partial charge in [0.1, 0.15) is 10.7 Å². The summed E-state index contributed by atoms with van der Waals surface area (Å²) in [6.45, 7) is 1.85. The maximum Gasteiger partial charge on any atom is 0.157 e. The van der Waals surface area contributed by atoms with E-state index in [-0.39, 0.29) is 12.1 Å². The number of aliphatic hydroxyl groups excluding tert-OH is 1. The van der Waals surface area contributed by atoms with Gasteiger partial charge in [-0.1, -0.05) is 6.08 Å². The van der Waals surface area contributed by atoms with Gasteiger partial charge >= 0.3 is 0 Å². The van der Waals surface area contributed by atoms with E-state index in [4.69, 9.17) is 4.98 Å². The largest absolute Gasteiger partial charge is 0.394 e. The summed E-state index contributed by atoms with van der Waals surface area (Å²) in [5.41, 5.74) is 1.76. The summed E-state index contributed by atoms with van der Waals surface area (Å²) < 4.78 is 12.4. The summed E-state index contributed by atoms with van der Waals surface area (Å²) in [6, 6.07) is 0. The number of anilines is 1. The van der Waals surface area contributed by atoms with Crippen LogP contribution in [0.2, 0.25) is 0 Å². The number of nitrogens with one attached hydrogen (secondary N) is 2. The zero-order valence-corrected chi connectivity index (χ0v) is 13.9. The van der Waals surface area contributed by atoms with Gasteiger partial charge in [-0.15, -0.1) is 0 Å². The third-order valence-corrected chi connectivity index (χ3v) is 6.49. The monoisotopic (exact) mass is 334 g/mol. The molecule has 1 aromatic rings. The lowest BCUT2D eigenvalue weighted by Gasteiger charge is -2.41. The number of nitrogens with zero attached hydrogens (tertiary/aromatic N) is 2. The molecule has 0 saturated heterocycles. The van der Waals surface area contributed by atoms with Crippen LogP contribution >= 0.6 is 0 Å². The van der Waals surface area contributed by atoms with E-state index in [1.54, 1.807) is 0 Å². The molecule has 0 amide bonds. The van der Waals surface area contributed by atoms with Crippen molar-refractivity contribution in [2.24, 2.45) is 0 Å². The van der Waals surface area contributed by atoms with Gasteiger partial charge in [-0.2, -0.15) is 0 Å². The van der Waals surface area contributed by atoms with Gasteiger partial charge in [0.15, 0.2) is 5.82 Å². The number of fused-ring (bicyclic) bond motifs is 1. The molecule has 1 saturated carbocycles. The minimum Gasteiger partial charge on any atom is -0.394 e. The summed E-state index contributed by atoms with van der Waals surface area (Å²) in [4.78, 5) is 10.1. The van der Waals surface area contributed by atoms with E-state index in [1.807, 2.05) is 0 Å². The third-order valence-electron chi connectivity index (χ3n) is 5.04. The van der Waals surface area contributed by atoms with E-state index in [0.29, 0.717) is 11.6 Å². The van der Waals surface area contributed by atoms with Crippen LogP contribution in [0, 0.1) is 0 Å². The number of aliphatic hydroxyl groups is 1. The Morgan fingerprint density at radius 3 is 2.87 bits per heavy atom. The zero-order valence-electron chi connectivity index (χ0n) is 13.1. The van der Waals surface area contributed by atoms with Crippen LogP contribution in [0.25, 0.3) is 5.57 Å². The predicted octanol–water partition coefficient (Wildman–Crippen LogP) is 0.844. The molecule has 1 aliphatic carbocycles. The minimum atomic E-state index is -1.04. The van der Waals surface area contributed by atoms with Crippen molar-refractivity contribution in [3.63, 3.8) is 0 Å². The summed E-state index contributed by atoms with van der Waals surface area (Å²) in [5, 5.41) is 16.4. The molecule has 3 N–H and O–H groups in total. The van der Waals surface area contributed by atoms with Crippen molar-refractivity contribution in [1.82, 2.24) is 15.3 Å². The number of hydrogen-bond acceptors (Lipinski definition) is 6. The second kappa shape index (κ2) is 5.96. The first-order valence-corrected chi connectivity index (χ1v) is 9.61. The highest BCUT2D eigenvalue weighted by molar-refractivity contribution is 7.85. The van der Waals surface area contributed by atoms with Crippen molar-refractivity contribution in [1.29, 1.82) is 0 Å². The van der Waals surface area contributed by atoms with Crippen LogP contribution in [-0.4, -0.2) is 50.3 Å². The van der Waals surface area contributed by atoms with Crippen LogP contribution in [0.5, 0.6) is 0 Å². The SMILES string of the molecule is O=[S@]1CCc2nc(C3=CCNCC3)nc(NC3(CO)CCC3)c21. The Bertz CT molecular complexity index is 679. The number of hydrogen-bond donors (Lipinski definition) is 3. The smallest absolute Gasteiger partial charge is 0.157 e. The average Bonchev–Trinajstić information content (AvgIpc) is 2.93. The van der Waals surface area contributed by atoms with E-state index >= 15 is 0 Å². The van der Waals surface area contributed by atoms with E-state index in [9.17, 15) is 9.32 Å². The minimum absolute atomic E-state index is 0.0837. The van der Waals surface area contributed by atoms with Crippen LogP contribution in [0.1, 0.15) is 37.2 Å². The third kappa shape index (κ3) is 2.70. The van der Waals surface area contributed by atoms with Crippen molar-refractivity contribution < 1.29 is 9.32 Å². The second-order valence-corrected chi connectivity index (χ2v) is 8.08. The molecule has 1 fully saturated rings. The molecule has 3 heterocycles. The lowest BCUT2D eigenvalue weighted by Crippen LogP contribution is -2.48. The summed E-state index contributed by atoms with van der Waals surface area (Å²) in [7, 11) is -1.04. The fourth-order valence-corrected chi connectivity index (χ4v) is 4.73. The molecule has 3 aliphatic rings. The number of aromatic nitrogens is 2. The first-order chi connectivity index (χ1) is 11.2. The highest BCUT2D eigenvalue weighted by Gasteiger charge is 2.38. The molecule has 0 unspecified atom stereocenters. The van der Waals surface area contributed by atoms with Crippen molar-refractivity contribution in [3.8, 4) is 0 Å². The standard InChI is InChI=1S/C16H22N4O2S/c21-10-16(5-1-6-16)20-15-13-12(4-9-23(13)22)18-14(19-15)11-2-7-17-8-3-11/h2,17,21H,1,3-10H2,(H,18,19,20)/t23-/m0/s1. The zero-order chi connectivity index (χ0) is 15.9. The molecule has 0 radical (unpaired) electrons. The van der Waals surface area contributed by atoms with E-state index in [2.05, 4.69) is 21.7 Å². The molecule has 6 nitrogen and oxygen atoms in total. The van der Waals surface area contributed by atoms with Crippen molar-refractivity contribution >= 4 is 22.2 Å². The van der Waals surface area contributed by atoms with Crippen molar-refractivity contribution in [3.05, 3.63) is 17.6 Å². The summed E-state index contributed by atoms with van der Waals surface area (Å²) in [6.07, 6.45) is 6.74. The van der Waals surface area contributed by atoms with Gasteiger partial charge in [0.25, 0.3) is 0 Å². The molecular weight excluding hydrogens is 312 g/mol. The van der Waals surface area contributed by atoms with Gasteiger partial charge in [0.05, 0.1) is 28.6 Å². The van der Waals surface area contributed by atoms with Crippen LogP contribution in [-0.2, 0) is 17.2 Å². The molecular formula is C16H22N4O2S. The lowest BCUT2D eigenvalue weighted by molar-refractivity contribution is 0.143. The molecule has 7 heteroatoms. The maximum atomic E-state index is 12.4. The molecule has 1 atom stereocenters. The van der Waals surface area contributed by atoms with Gasteiger partial charge < -0.3 is 15.7 Å². The van der Waals surface area contributed by atoms with Gasteiger partial charge in [-0.3, -0.25) is 4.21 Å². The Labute approximate surface area is 138 Å². The highest BCUT2D eigenvalue weighted by Crippen LogP contribution is 2.38. The van der Waals surface area contributed by atoms with Gasteiger partial charge in [0.2, 0.25) is 0 Å². The highest BCUT2D eigenvalue weighted by atomic mass is 32.2. The van der Waals surface area contributed by atoms with Gasteiger partial charge in [-0.05, 0) is 37.8 Å². The lowest BCUT2D eigenvalue weighted by atomic mass is 9.77. The molecule has 0 bridgehead atoms. The van der Waals surface area contributed by atoms with Gasteiger partial charge in [0, 0.05) is 18.7 Å². The Hall–Kier alpha value is -1.31. The van der Waals surface area contributed by atoms with Crippen molar-refractivity contribution in [2.75, 3.05) is 30.8 Å². The van der Waals surface area contributed by atoms with Crippen LogP contribution in [0.3, 0.4) is 0 Å². The Balaban J connectivity index is 1.75. The first-order valence-electron chi connectivity index (χ1n) is 8.29. The van der Waals surface area contributed by atoms with E-state index < -0.39 is 10.8 Å². The fraction of sp³-hybridized carbons (Fsp3) is 0.625. The topological polar surface area (TPSA) is 87.1 Å². The van der Waals surface area contributed by atoms with Crippen LogP contribution in [0.4, 0.5) is 5.82 Å². The van der Waals surface area contributed by atoms with Crippen LogP contribution in [0.15, 0.2) is 11.0 Å². The normalized spacial score (nSPS) is 25.4. The summed E-state index contributed by atoms with van der Waals surface area (Å²) in [5.74, 6) is 2.04. The van der Waals surface area contributed by atoms with E-state index in [0.717, 1.165) is 67.2 Å². The summed E-state index contributed by atoms with van der Waals surface area (Å²) >= 11 is 0. The fourth-order valence-electron chi connectivity index (χ4n) is 3.43. The Kier molecular flexibility index (Phi) is 3.95. The first kappa shape index (κ1) is 15.2. The average molecular weight is 334 g/mol. The second-order valence-electron chi connectivity index (χ2n) is 6.57. The van der Waals surface area contributed by atoms with Gasteiger partial charge in [-0.25, -0.2) is 9.97 Å². The number of aryl methyl sites for hydroxylation is 1. The molecule has 4 rings (SSSR count). The predicted molar refractivity (Wildman–Crippen MR) is 89.8 cm³/mol.